The van der Waals surface area contributed by atoms with E-state index in [0.29, 0.717) is 23.3 Å². The van der Waals surface area contributed by atoms with Gasteiger partial charge in [0, 0.05) is 12.2 Å². The Labute approximate surface area is 113 Å². The number of hydrogen-bond donors (Lipinski definition) is 2. The summed E-state index contributed by atoms with van der Waals surface area (Å²) in [5, 5.41) is 0. The molecule has 3 rings (SSSR count). The largest absolute Gasteiger partial charge is 0.398 e. The molecular formula is C13H12N5O2. The number of anilines is 1. The molecule has 0 fully saturated rings. The van der Waals surface area contributed by atoms with Gasteiger partial charge in [-0.05, 0) is 31.5 Å². The third-order valence-electron chi connectivity index (χ3n) is 3.22. The van der Waals surface area contributed by atoms with E-state index in [1.54, 1.807) is 16.7 Å². The zero-order chi connectivity index (χ0) is 14.4. The average molecular weight is 270 g/mol. The van der Waals surface area contributed by atoms with Gasteiger partial charge in [-0.1, -0.05) is 0 Å². The molecule has 1 radical (unpaired) electrons. The van der Waals surface area contributed by atoms with Crippen LogP contribution in [0.1, 0.15) is 5.56 Å². The highest BCUT2D eigenvalue weighted by atomic mass is 16.2. The normalized spacial score (nSPS) is 11.3. The van der Waals surface area contributed by atoms with Crippen molar-refractivity contribution in [1.29, 1.82) is 0 Å². The van der Waals surface area contributed by atoms with Crippen LogP contribution < -0.4 is 17.0 Å². The van der Waals surface area contributed by atoms with Crippen molar-refractivity contribution in [3.8, 4) is 11.5 Å². The molecule has 0 aromatic heterocycles. The van der Waals surface area contributed by atoms with E-state index < -0.39 is 11.2 Å². The van der Waals surface area contributed by atoms with Crippen LogP contribution >= 0.6 is 0 Å². The quantitative estimate of drug-likeness (QED) is 0.489. The zero-order valence-corrected chi connectivity index (χ0v) is 10.8. The molecule has 0 spiro atoms. The number of benzene rings is 1. The maximum Gasteiger partial charge on any atom is 0.349 e. The third kappa shape index (κ3) is 1.67. The van der Waals surface area contributed by atoms with Gasteiger partial charge in [-0.25, -0.2) is 9.78 Å². The highest BCUT2D eigenvalue weighted by Crippen LogP contribution is 2.24. The van der Waals surface area contributed by atoms with E-state index in [9.17, 15) is 9.59 Å². The van der Waals surface area contributed by atoms with Crippen LogP contribution in [-0.4, -0.2) is 19.5 Å². The molecule has 7 heteroatoms. The maximum absolute atomic E-state index is 11.8. The van der Waals surface area contributed by atoms with E-state index >= 15 is 0 Å². The fourth-order valence-corrected chi connectivity index (χ4v) is 2.19. The molecule has 0 unspecified atom stereocenters. The van der Waals surface area contributed by atoms with Gasteiger partial charge in [-0.15, -0.1) is 0 Å². The van der Waals surface area contributed by atoms with Crippen molar-refractivity contribution in [2.24, 2.45) is 0 Å². The van der Waals surface area contributed by atoms with E-state index in [2.05, 4.69) is 21.9 Å². The monoisotopic (exact) mass is 270 g/mol. The van der Waals surface area contributed by atoms with Gasteiger partial charge in [0.2, 0.25) is 0 Å². The maximum atomic E-state index is 11.8. The number of hydrogen-bond acceptors (Lipinski definition) is 5. The van der Waals surface area contributed by atoms with Crippen molar-refractivity contribution >= 4 is 16.7 Å². The van der Waals surface area contributed by atoms with E-state index in [-0.39, 0.29) is 11.5 Å². The highest BCUT2D eigenvalue weighted by Gasteiger charge is 2.18. The van der Waals surface area contributed by atoms with Crippen LogP contribution in [-0.2, 0) is 6.54 Å². The van der Waals surface area contributed by atoms with Crippen molar-refractivity contribution in [2.45, 2.75) is 13.5 Å². The molecule has 0 atom stereocenters. The number of nitrogens with zero attached hydrogens (tertiary/aromatic N) is 3. The fraction of sp³-hybridized carbons (Fsp3) is 0.154. The minimum Gasteiger partial charge on any atom is -0.398 e. The van der Waals surface area contributed by atoms with E-state index in [4.69, 9.17) is 5.73 Å². The number of H-pyrrole nitrogens is 1. The Bertz CT molecular complexity index is 909. The number of nitrogens with two attached hydrogens (primary N) is 1. The molecule has 0 amide bonds. The molecule has 2 heterocycles. The first-order chi connectivity index (χ1) is 9.51. The molecule has 3 N–H and O–H groups in total. The molecule has 7 nitrogen and oxygen atoms in total. The molecule has 2 aliphatic rings. The van der Waals surface area contributed by atoms with Gasteiger partial charge in [0.1, 0.15) is 0 Å². The van der Waals surface area contributed by atoms with Gasteiger partial charge in [-0.2, -0.15) is 4.98 Å². The molecule has 1 aromatic rings. The molecule has 0 aliphatic carbocycles. The first-order valence-corrected chi connectivity index (χ1v) is 6.01. The lowest BCUT2D eigenvalue weighted by atomic mass is 10.1. The van der Waals surface area contributed by atoms with Gasteiger partial charge in [0.15, 0.2) is 11.5 Å². The van der Waals surface area contributed by atoms with Crippen LogP contribution in [0.4, 0.5) is 5.69 Å². The minimum atomic E-state index is -0.703. The zero-order valence-electron chi connectivity index (χ0n) is 10.8. The van der Waals surface area contributed by atoms with Gasteiger partial charge in [0.25, 0.3) is 5.56 Å². The van der Waals surface area contributed by atoms with Gasteiger partial charge < -0.3 is 10.3 Å². The van der Waals surface area contributed by atoms with Gasteiger partial charge >= 0.3 is 5.69 Å². The first kappa shape index (κ1) is 12.3. The molecule has 0 saturated heterocycles. The minimum absolute atomic E-state index is 0.116. The lowest BCUT2D eigenvalue weighted by Gasteiger charge is -2.15. The second-order valence-electron chi connectivity index (χ2n) is 4.50. The number of aromatic nitrogens is 4. The standard InChI is InChI=1S/C13H12N5O2/c1-3-18-9-5-7(14)6(2)4-8(9)15-10-11(18)16-13(20)17-12(10)19/h4-5H,1,3,14H2,2H3,(H,17,19,20). The van der Waals surface area contributed by atoms with Crippen LogP contribution in [0, 0.1) is 13.8 Å². The predicted molar refractivity (Wildman–Crippen MR) is 75.5 cm³/mol. The summed E-state index contributed by atoms with van der Waals surface area (Å²) in [6, 6.07) is 3.54. The topological polar surface area (TPSA) is 107 Å². The molecule has 101 valence electrons. The van der Waals surface area contributed by atoms with Crippen molar-refractivity contribution in [2.75, 3.05) is 5.73 Å². The smallest absolute Gasteiger partial charge is 0.349 e. The molecule has 0 saturated carbocycles. The Morgan fingerprint density at radius 1 is 1.35 bits per heavy atom. The fourth-order valence-electron chi connectivity index (χ4n) is 2.19. The summed E-state index contributed by atoms with van der Waals surface area (Å²) < 4.78 is 1.66. The highest BCUT2D eigenvalue weighted by molar-refractivity contribution is 5.83. The Morgan fingerprint density at radius 2 is 2.10 bits per heavy atom. The van der Waals surface area contributed by atoms with Crippen LogP contribution in [0.15, 0.2) is 21.7 Å². The summed E-state index contributed by atoms with van der Waals surface area (Å²) in [6.07, 6.45) is 0. The number of aromatic amines is 1. The first-order valence-electron chi connectivity index (χ1n) is 6.01. The van der Waals surface area contributed by atoms with Crippen molar-refractivity contribution in [3.05, 3.63) is 45.5 Å². The van der Waals surface area contributed by atoms with Crippen molar-refractivity contribution < 1.29 is 0 Å². The summed E-state index contributed by atoms with van der Waals surface area (Å²) in [5.41, 5.74) is 7.53. The number of nitrogens with one attached hydrogen (secondary N) is 1. The summed E-state index contributed by atoms with van der Waals surface area (Å²) in [4.78, 5) is 33.4. The Kier molecular flexibility index (Phi) is 2.56. The van der Waals surface area contributed by atoms with Crippen molar-refractivity contribution in [1.82, 2.24) is 19.5 Å². The molecule has 2 aliphatic heterocycles. The molecule has 0 bridgehead atoms. The van der Waals surface area contributed by atoms with E-state index in [1.807, 2.05) is 6.92 Å². The molecule has 1 aromatic carbocycles. The molecular weight excluding hydrogens is 258 g/mol. The molecule has 20 heavy (non-hydrogen) atoms. The third-order valence-corrected chi connectivity index (χ3v) is 3.22. The number of nitrogen functional groups attached to an aromatic ring is 1. The van der Waals surface area contributed by atoms with Crippen LogP contribution in [0.2, 0.25) is 0 Å². The van der Waals surface area contributed by atoms with Crippen LogP contribution in [0.3, 0.4) is 0 Å². The number of rotatable bonds is 1. The number of fused-ring (bicyclic) bond motifs is 2. The lowest BCUT2D eigenvalue weighted by Crippen LogP contribution is -2.28. The summed E-state index contributed by atoms with van der Waals surface area (Å²) in [7, 11) is 0. The summed E-state index contributed by atoms with van der Waals surface area (Å²) in [6.45, 7) is 5.97. The summed E-state index contributed by atoms with van der Waals surface area (Å²) in [5.74, 6) is 0.213. The number of aryl methyl sites for hydroxylation is 1. The van der Waals surface area contributed by atoms with Crippen molar-refractivity contribution in [3.63, 3.8) is 0 Å². The Morgan fingerprint density at radius 3 is 2.80 bits per heavy atom. The van der Waals surface area contributed by atoms with E-state index in [0.717, 1.165) is 5.56 Å². The Balaban J connectivity index is 2.61. The average Bonchev–Trinajstić information content (AvgIpc) is 2.39. The second-order valence-corrected chi connectivity index (χ2v) is 4.50. The SMILES string of the molecule is [CH2]Cn1c2nc(=O)[nH]c(=O)c-2nc2cc(C)c(N)cc21. The van der Waals surface area contributed by atoms with E-state index in [1.165, 1.54) is 0 Å². The second kappa shape index (κ2) is 4.16. The van der Waals surface area contributed by atoms with Crippen LogP contribution in [0.5, 0.6) is 0 Å². The Hall–Kier alpha value is -2.70. The van der Waals surface area contributed by atoms with Crippen LogP contribution in [0.25, 0.3) is 22.6 Å². The lowest BCUT2D eigenvalue weighted by molar-refractivity contribution is 0.806. The van der Waals surface area contributed by atoms with Gasteiger partial charge in [0.05, 0.1) is 11.0 Å². The van der Waals surface area contributed by atoms with Gasteiger partial charge in [-0.3, -0.25) is 9.78 Å². The predicted octanol–water partition coefficient (Wildman–Crippen LogP) is 0.309. The summed E-state index contributed by atoms with van der Waals surface area (Å²) >= 11 is 0.